The lowest BCUT2D eigenvalue weighted by molar-refractivity contribution is 0.288. The largest absolute Gasteiger partial charge is 0.346 e. The monoisotopic (exact) mass is 311 g/mol. The van der Waals surface area contributed by atoms with Crippen LogP contribution in [0.2, 0.25) is 0 Å². The standard InChI is InChI=1S/C15H29N5S/c1-15(2,3)13-17-14(21-18-13)20-10-6-9-19(11-12-20)8-5-4-7-16/h4-12,16H2,1-3H3. The summed E-state index contributed by atoms with van der Waals surface area (Å²) < 4.78 is 4.53. The van der Waals surface area contributed by atoms with Gasteiger partial charge in [0.1, 0.15) is 5.82 Å². The average molecular weight is 311 g/mol. The molecule has 1 aromatic rings. The minimum absolute atomic E-state index is 0.0366. The number of anilines is 1. The van der Waals surface area contributed by atoms with Gasteiger partial charge in [-0.05, 0) is 38.9 Å². The van der Waals surface area contributed by atoms with Crippen molar-refractivity contribution in [1.82, 2.24) is 14.3 Å². The van der Waals surface area contributed by atoms with Gasteiger partial charge in [-0.25, -0.2) is 4.98 Å². The van der Waals surface area contributed by atoms with Crippen molar-refractivity contribution < 1.29 is 0 Å². The fraction of sp³-hybridized carbons (Fsp3) is 0.867. The van der Waals surface area contributed by atoms with Gasteiger partial charge in [0.05, 0.1) is 0 Å². The van der Waals surface area contributed by atoms with Gasteiger partial charge < -0.3 is 15.5 Å². The van der Waals surface area contributed by atoms with E-state index in [-0.39, 0.29) is 5.41 Å². The Morgan fingerprint density at radius 3 is 2.62 bits per heavy atom. The number of hydrogen-bond donors (Lipinski definition) is 1. The molecule has 120 valence electrons. The molecule has 1 saturated heterocycles. The number of unbranched alkanes of at least 4 members (excludes halogenated alkanes) is 1. The van der Waals surface area contributed by atoms with Crippen LogP contribution in [0.5, 0.6) is 0 Å². The van der Waals surface area contributed by atoms with E-state index in [0.717, 1.165) is 43.6 Å². The van der Waals surface area contributed by atoms with E-state index in [1.54, 1.807) is 11.5 Å². The molecule has 2 N–H and O–H groups in total. The van der Waals surface area contributed by atoms with E-state index in [0.29, 0.717) is 0 Å². The van der Waals surface area contributed by atoms with E-state index < -0.39 is 0 Å². The molecule has 1 aliphatic rings. The molecular formula is C15H29N5S. The Bertz CT molecular complexity index is 426. The molecule has 0 saturated carbocycles. The summed E-state index contributed by atoms with van der Waals surface area (Å²) in [5, 5.41) is 1.09. The Morgan fingerprint density at radius 2 is 1.95 bits per heavy atom. The Morgan fingerprint density at radius 1 is 1.14 bits per heavy atom. The predicted molar refractivity (Wildman–Crippen MR) is 90.2 cm³/mol. The lowest BCUT2D eigenvalue weighted by Gasteiger charge is -2.21. The second-order valence-electron chi connectivity index (χ2n) is 6.83. The second kappa shape index (κ2) is 7.51. The number of rotatable bonds is 5. The number of aromatic nitrogens is 2. The van der Waals surface area contributed by atoms with Crippen LogP contribution >= 0.6 is 11.5 Å². The van der Waals surface area contributed by atoms with E-state index in [2.05, 4.69) is 34.9 Å². The molecule has 0 spiro atoms. The lowest BCUT2D eigenvalue weighted by Crippen LogP contribution is -2.31. The summed E-state index contributed by atoms with van der Waals surface area (Å²) in [5.41, 5.74) is 5.61. The quantitative estimate of drug-likeness (QED) is 0.844. The molecule has 1 aliphatic heterocycles. The SMILES string of the molecule is CC(C)(C)c1nsc(N2CCCN(CCCCN)CC2)n1. The van der Waals surface area contributed by atoms with Crippen LogP contribution in [0.4, 0.5) is 5.13 Å². The summed E-state index contributed by atoms with van der Waals surface area (Å²) in [4.78, 5) is 9.70. The van der Waals surface area contributed by atoms with E-state index in [9.17, 15) is 0 Å². The van der Waals surface area contributed by atoms with Crippen LogP contribution in [-0.2, 0) is 5.41 Å². The number of nitrogens with two attached hydrogens (primary N) is 1. The molecule has 0 aliphatic carbocycles. The highest BCUT2D eigenvalue weighted by molar-refractivity contribution is 7.09. The smallest absolute Gasteiger partial charge is 0.205 e. The molecule has 0 atom stereocenters. The average Bonchev–Trinajstić information content (AvgIpc) is 2.81. The van der Waals surface area contributed by atoms with Gasteiger partial charge in [0.2, 0.25) is 5.13 Å². The van der Waals surface area contributed by atoms with Crippen LogP contribution in [0.15, 0.2) is 0 Å². The van der Waals surface area contributed by atoms with Crippen molar-refractivity contribution in [3.05, 3.63) is 5.82 Å². The Kier molecular flexibility index (Phi) is 5.96. The first-order valence-corrected chi connectivity index (χ1v) is 8.79. The zero-order valence-electron chi connectivity index (χ0n) is 13.6. The van der Waals surface area contributed by atoms with Gasteiger partial charge >= 0.3 is 0 Å². The molecule has 1 aromatic heterocycles. The summed E-state index contributed by atoms with van der Waals surface area (Å²) in [7, 11) is 0. The minimum Gasteiger partial charge on any atom is -0.346 e. The lowest BCUT2D eigenvalue weighted by atomic mass is 9.96. The van der Waals surface area contributed by atoms with Crippen LogP contribution in [-0.4, -0.2) is 53.5 Å². The Hall–Kier alpha value is -0.720. The molecular weight excluding hydrogens is 282 g/mol. The third-order valence-electron chi connectivity index (χ3n) is 3.87. The molecule has 5 nitrogen and oxygen atoms in total. The van der Waals surface area contributed by atoms with E-state index >= 15 is 0 Å². The molecule has 0 amide bonds. The highest BCUT2D eigenvalue weighted by atomic mass is 32.1. The molecule has 0 unspecified atom stereocenters. The van der Waals surface area contributed by atoms with Crippen LogP contribution in [0, 0.1) is 0 Å². The summed E-state index contributed by atoms with van der Waals surface area (Å²) in [6.45, 7) is 12.9. The van der Waals surface area contributed by atoms with Crippen molar-refractivity contribution in [2.24, 2.45) is 5.73 Å². The molecule has 0 aromatic carbocycles. The topological polar surface area (TPSA) is 58.3 Å². The summed E-state index contributed by atoms with van der Waals surface area (Å²) in [6.07, 6.45) is 3.54. The van der Waals surface area contributed by atoms with Gasteiger partial charge in [-0.2, -0.15) is 4.37 Å². The molecule has 2 rings (SSSR count). The fourth-order valence-electron chi connectivity index (χ4n) is 2.51. The summed E-state index contributed by atoms with van der Waals surface area (Å²) in [6, 6.07) is 0. The first kappa shape index (κ1) is 16.6. The zero-order chi connectivity index (χ0) is 15.3. The Labute approximate surface area is 132 Å². The molecule has 6 heteroatoms. The third-order valence-corrected chi connectivity index (χ3v) is 4.65. The summed E-state index contributed by atoms with van der Waals surface area (Å²) >= 11 is 1.54. The van der Waals surface area contributed by atoms with E-state index in [4.69, 9.17) is 10.7 Å². The maximum atomic E-state index is 5.57. The van der Waals surface area contributed by atoms with Gasteiger partial charge in [-0.15, -0.1) is 0 Å². The van der Waals surface area contributed by atoms with Crippen LogP contribution in [0.25, 0.3) is 0 Å². The number of hydrogen-bond acceptors (Lipinski definition) is 6. The van der Waals surface area contributed by atoms with Gasteiger partial charge in [0.15, 0.2) is 0 Å². The molecule has 21 heavy (non-hydrogen) atoms. The van der Waals surface area contributed by atoms with Crippen molar-refractivity contribution in [1.29, 1.82) is 0 Å². The highest BCUT2D eigenvalue weighted by Crippen LogP contribution is 2.26. The van der Waals surface area contributed by atoms with Crippen molar-refractivity contribution in [2.45, 2.75) is 45.4 Å². The van der Waals surface area contributed by atoms with Gasteiger partial charge in [-0.1, -0.05) is 20.8 Å². The third kappa shape index (κ3) is 4.90. The zero-order valence-corrected chi connectivity index (χ0v) is 14.5. The van der Waals surface area contributed by atoms with Crippen molar-refractivity contribution >= 4 is 16.7 Å². The first-order valence-electron chi connectivity index (χ1n) is 8.02. The van der Waals surface area contributed by atoms with E-state index in [1.165, 1.54) is 25.9 Å². The normalized spacial score (nSPS) is 18.0. The van der Waals surface area contributed by atoms with Crippen molar-refractivity contribution in [3.63, 3.8) is 0 Å². The highest BCUT2D eigenvalue weighted by Gasteiger charge is 2.23. The van der Waals surface area contributed by atoms with Crippen molar-refractivity contribution in [2.75, 3.05) is 44.2 Å². The molecule has 2 heterocycles. The van der Waals surface area contributed by atoms with Crippen LogP contribution in [0.1, 0.15) is 45.9 Å². The van der Waals surface area contributed by atoms with Crippen molar-refractivity contribution in [3.8, 4) is 0 Å². The second-order valence-corrected chi connectivity index (χ2v) is 7.56. The fourth-order valence-corrected chi connectivity index (χ4v) is 3.42. The summed E-state index contributed by atoms with van der Waals surface area (Å²) in [5.74, 6) is 0.964. The Balaban J connectivity index is 1.89. The minimum atomic E-state index is 0.0366. The molecule has 0 radical (unpaired) electrons. The van der Waals surface area contributed by atoms with Gasteiger partial charge in [-0.3, -0.25) is 0 Å². The van der Waals surface area contributed by atoms with Crippen LogP contribution < -0.4 is 10.6 Å². The van der Waals surface area contributed by atoms with Gasteiger partial charge in [0, 0.05) is 36.6 Å². The molecule has 0 bridgehead atoms. The predicted octanol–water partition coefficient (Wildman–Crippen LogP) is 2.09. The number of nitrogens with zero attached hydrogens (tertiary/aromatic N) is 4. The first-order chi connectivity index (χ1) is 10.0. The van der Waals surface area contributed by atoms with Crippen LogP contribution in [0.3, 0.4) is 0 Å². The molecule has 1 fully saturated rings. The maximum Gasteiger partial charge on any atom is 0.205 e. The van der Waals surface area contributed by atoms with Gasteiger partial charge in [0.25, 0.3) is 0 Å². The maximum absolute atomic E-state index is 5.57. The van der Waals surface area contributed by atoms with E-state index in [1.807, 2.05) is 0 Å².